The Labute approximate surface area is 124 Å². The number of hydrogen-bond donors (Lipinski definition) is 1. The summed E-state index contributed by atoms with van der Waals surface area (Å²) in [7, 11) is -3.82. The smallest absolute Gasteiger partial charge is 0.267 e. The van der Waals surface area contributed by atoms with Gasteiger partial charge in [0, 0.05) is 19.1 Å². The number of nitrogens with one attached hydrogen (secondary N) is 1. The lowest BCUT2D eigenvalue weighted by Gasteiger charge is -2.06. The van der Waals surface area contributed by atoms with Crippen LogP contribution in [0.2, 0.25) is 0 Å². The number of sulfonamides is 1. The molecule has 1 heterocycles. The molecule has 0 aliphatic rings. The van der Waals surface area contributed by atoms with Gasteiger partial charge < -0.3 is 0 Å². The van der Waals surface area contributed by atoms with Crippen LogP contribution < -0.4 is 9.29 Å². The summed E-state index contributed by atoms with van der Waals surface area (Å²) in [5.41, 5.74) is 1.83. The van der Waals surface area contributed by atoms with Gasteiger partial charge in [-0.05, 0) is 19.1 Å². The number of hydrogen-bond acceptors (Lipinski definition) is 3. The molecule has 110 valence electrons. The molecule has 0 atom stereocenters. The maximum absolute atomic E-state index is 12.1. The molecule has 21 heavy (non-hydrogen) atoms. The van der Waals surface area contributed by atoms with Crippen LogP contribution in [0.4, 0.5) is 0 Å². The van der Waals surface area contributed by atoms with Crippen LogP contribution in [0.15, 0.2) is 53.6 Å². The lowest BCUT2D eigenvalue weighted by molar-refractivity contribution is -0.690. The van der Waals surface area contributed by atoms with E-state index in [2.05, 4.69) is 4.72 Å². The first-order valence-corrected chi connectivity index (χ1v) is 7.94. The molecule has 2 aromatic rings. The number of carbonyl (C=O) groups is 1. The average Bonchev–Trinajstić information content (AvgIpc) is 2.41. The highest BCUT2D eigenvalue weighted by Gasteiger charge is 2.20. The monoisotopic (exact) mass is 305 g/mol. The van der Waals surface area contributed by atoms with Crippen LogP contribution in [0.1, 0.15) is 11.3 Å². The van der Waals surface area contributed by atoms with Crippen LogP contribution in [-0.4, -0.2) is 14.3 Å². The summed E-state index contributed by atoms with van der Waals surface area (Å²) in [5, 5.41) is 0. The summed E-state index contributed by atoms with van der Waals surface area (Å²) in [6, 6.07) is 11.8. The Morgan fingerprint density at radius 2 is 1.76 bits per heavy atom. The van der Waals surface area contributed by atoms with Crippen molar-refractivity contribution >= 4 is 15.9 Å². The maximum atomic E-state index is 12.1. The summed E-state index contributed by atoms with van der Waals surface area (Å²) in [6.45, 7) is 3.67. The van der Waals surface area contributed by atoms with Crippen molar-refractivity contribution in [3.8, 4) is 0 Å². The maximum Gasteiger partial charge on any atom is 0.299 e. The van der Waals surface area contributed by atoms with Gasteiger partial charge in [-0.15, -0.1) is 0 Å². The molecule has 1 aromatic heterocycles. The Morgan fingerprint density at radius 3 is 2.38 bits per heavy atom. The van der Waals surface area contributed by atoms with Gasteiger partial charge in [-0.1, -0.05) is 23.8 Å². The Kier molecular flexibility index (Phi) is 4.37. The van der Waals surface area contributed by atoms with Crippen LogP contribution in [0.5, 0.6) is 0 Å². The average molecular weight is 305 g/mol. The molecule has 0 spiro atoms. The molecule has 0 unspecified atom stereocenters. The third-order valence-electron chi connectivity index (χ3n) is 3.06. The zero-order valence-electron chi connectivity index (χ0n) is 11.9. The fourth-order valence-corrected chi connectivity index (χ4v) is 2.83. The number of benzene rings is 1. The highest BCUT2D eigenvalue weighted by molar-refractivity contribution is 7.90. The minimum atomic E-state index is -3.82. The number of aryl methyl sites for hydroxylation is 2. The number of pyridine rings is 1. The van der Waals surface area contributed by atoms with Gasteiger partial charge in [0.25, 0.3) is 15.9 Å². The van der Waals surface area contributed by atoms with Crippen molar-refractivity contribution in [2.45, 2.75) is 25.3 Å². The van der Waals surface area contributed by atoms with E-state index in [-0.39, 0.29) is 11.4 Å². The normalized spacial score (nSPS) is 11.1. The number of rotatable bonds is 4. The van der Waals surface area contributed by atoms with E-state index in [1.54, 1.807) is 29.0 Å². The van der Waals surface area contributed by atoms with Crippen LogP contribution >= 0.6 is 0 Å². The summed E-state index contributed by atoms with van der Waals surface area (Å²) >= 11 is 0. The first kappa shape index (κ1) is 15.2. The lowest BCUT2D eigenvalue weighted by atomic mass is 10.2. The molecule has 1 amide bonds. The van der Waals surface area contributed by atoms with E-state index in [9.17, 15) is 13.2 Å². The summed E-state index contributed by atoms with van der Waals surface area (Å²) in [6.07, 6.45) is 1.73. The van der Waals surface area contributed by atoms with Crippen molar-refractivity contribution in [1.82, 2.24) is 4.72 Å². The number of aromatic nitrogens is 1. The van der Waals surface area contributed by atoms with Gasteiger partial charge in [-0.2, -0.15) is 4.57 Å². The molecule has 0 fully saturated rings. The topological polar surface area (TPSA) is 67.1 Å². The fourth-order valence-electron chi connectivity index (χ4n) is 1.85. The first-order chi connectivity index (χ1) is 9.88. The molecule has 0 saturated heterocycles. The van der Waals surface area contributed by atoms with Gasteiger partial charge in [-0.3, -0.25) is 4.79 Å². The predicted octanol–water partition coefficient (Wildman–Crippen LogP) is 1.10. The van der Waals surface area contributed by atoms with Gasteiger partial charge in [-0.25, -0.2) is 13.1 Å². The second-order valence-corrected chi connectivity index (χ2v) is 6.49. The number of amides is 1. The first-order valence-electron chi connectivity index (χ1n) is 6.46. The summed E-state index contributed by atoms with van der Waals surface area (Å²) in [4.78, 5) is 12.0. The van der Waals surface area contributed by atoms with Gasteiger partial charge in [0.1, 0.15) is 0 Å². The summed E-state index contributed by atoms with van der Waals surface area (Å²) < 4.78 is 27.9. The standard InChI is InChI=1S/C15H16N2O3S/c1-12-6-8-14(9-7-12)21(19,20)16-15(18)11-17-10-4-3-5-13(17)2/h3-10H,11H2,1-2H3/p+1. The highest BCUT2D eigenvalue weighted by atomic mass is 32.2. The molecule has 0 aliphatic carbocycles. The van der Waals surface area contributed by atoms with Gasteiger partial charge in [0.15, 0.2) is 11.9 Å². The second kappa shape index (κ2) is 6.05. The lowest BCUT2D eigenvalue weighted by Crippen LogP contribution is -2.46. The fraction of sp³-hybridized carbons (Fsp3) is 0.200. The molecule has 0 bridgehead atoms. The van der Waals surface area contributed by atoms with E-state index in [0.717, 1.165) is 11.3 Å². The quantitative estimate of drug-likeness (QED) is 0.860. The largest absolute Gasteiger partial charge is 0.299 e. The van der Waals surface area contributed by atoms with Gasteiger partial charge in [0.2, 0.25) is 6.54 Å². The molecule has 6 heteroatoms. The molecule has 0 radical (unpaired) electrons. The van der Waals surface area contributed by atoms with Gasteiger partial charge in [0.05, 0.1) is 4.90 Å². The van der Waals surface area contributed by atoms with Crippen molar-refractivity contribution in [3.05, 3.63) is 59.9 Å². The van der Waals surface area contributed by atoms with E-state index in [1.807, 2.05) is 26.0 Å². The zero-order valence-corrected chi connectivity index (χ0v) is 12.7. The van der Waals surface area contributed by atoms with Crippen molar-refractivity contribution in [2.75, 3.05) is 0 Å². The van der Waals surface area contributed by atoms with Crippen LogP contribution in [0.3, 0.4) is 0 Å². The molecule has 1 aromatic carbocycles. The third kappa shape index (κ3) is 3.88. The molecule has 2 rings (SSSR count). The van der Waals surface area contributed by atoms with Crippen molar-refractivity contribution in [2.24, 2.45) is 0 Å². The van der Waals surface area contributed by atoms with Crippen molar-refractivity contribution in [3.63, 3.8) is 0 Å². The molecule has 1 N–H and O–H groups in total. The molecule has 0 aliphatic heterocycles. The second-order valence-electron chi connectivity index (χ2n) is 4.81. The zero-order chi connectivity index (χ0) is 15.5. The SMILES string of the molecule is Cc1ccc(S(=O)(=O)NC(=O)C[n+]2ccccc2C)cc1. The molecular weight excluding hydrogens is 288 g/mol. The van der Waals surface area contributed by atoms with Crippen LogP contribution in [0, 0.1) is 13.8 Å². The van der Waals surface area contributed by atoms with E-state index >= 15 is 0 Å². The van der Waals surface area contributed by atoms with Crippen molar-refractivity contribution < 1.29 is 17.8 Å². The Bertz CT molecular complexity index is 753. The Hall–Kier alpha value is -2.21. The predicted molar refractivity (Wildman–Crippen MR) is 77.9 cm³/mol. The molecule has 0 saturated carbocycles. The van der Waals surface area contributed by atoms with Gasteiger partial charge >= 0.3 is 0 Å². The summed E-state index contributed by atoms with van der Waals surface area (Å²) in [5.74, 6) is -0.574. The number of carbonyl (C=O) groups excluding carboxylic acids is 1. The minimum Gasteiger partial charge on any atom is -0.267 e. The van der Waals surface area contributed by atoms with Crippen LogP contribution in [0.25, 0.3) is 0 Å². The highest BCUT2D eigenvalue weighted by Crippen LogP contribution is 2.09. The minimum absolute atomic E-state index is 0.0439. The Balaban J connectivity index is 2.12. The third-order valence-corrected chi connectivity index (χ3v) is 4.45. The Morgan fingerprint density at radius 1 is 1.10 bits per heavy atom. The van der Waals surface area contributed by atoms with E-state index in [1.165, 1.54) is 12.1 Å². The number of nitrogens with zero attached hydrogens (tertiary/aromatic N) is 1. The van der Waals surface area contributed by atoms with Crippen LogP contribution in [-0.2, 0) is 21.4 Å². The molecular formula is C15H17N2O3S+. The molecule has 5 nitrogen and oxygen atoms in total. The van der Waals surface area contributed by atoms with E-state index in [4.69, 9.17) is 0 Å². The van der Waals surface area contributed by atoms with E-state index in [0.29, 0.717) is 0 Å². The van der Waals surface area contributed by atoms with E-state index < -0.39 is 15.9 Å². The van der Waals surface area contributed by atoms with Crippen molar-refractivity contribution in [1.29, 1.82) is 0 Å².